The Bertz CT molecular complexity index is 1940. The quantitative estimate of drug-likeness (QED) is 0.308. The van der Waals surface area contributed by atoms with Crippen molar-refractivity contribution in [3.05, 3.63) is 93.6 Å². The maximum absolute atomic E-state index is 14.4. The summed E-state index contributed by atoms with van der Waals surface area (Å²) in [6.07, 6.45) is 1.95. The molecule has 0 radical (unpaired) electrons. The third-order valence-corrected chi connectivity index (χ3v) is 7.09. The Morgan fingerprint density at radius 2 is 1.74 bits per heavy atom. The Kier molecular flexibility index (Phi) is 6.48. The van der Waals surface area contributed by atoms with E-state index < -0.39 is 33.2 Å². The summed E-state index contributed by atoms with van der Waals surface area (Å²) in [6.45, 7) is 0.0250. The number of nitrogens with one attached hydrogen (secondary N) is 2. The first kappa shape index (κ1) is 25.8. The monoisotopic (exact) mass is 552 g/mol. The van der Waals surface area contributed by atoms with Gasteiger partial charge in [-0.25, -0.2) is 27.1 Å². The SMILES string of the molecule is Cn1c(=O)oc2ccc(CNC(=O)c3cc(C(=O)NCc4cccc(S(C)(=O)=O)c4)n4ncc(F)c4n3)cc21. The molecule has 14 heteroatoms. The number of oxazole rings is 1. The van der Waals surface area contributed by atoms with Crippen molar-refractivity contribution in [2.24, 2.45) is 7.05 Å². The predicted octanol–water partition coefficient (Wildman–Crippen LogP) is 1.58. The van der Waals surface area contributed by atoms with Crippen LogP contribution >= 0.6 is 0 Å². The van der Waals surface area contributed by atoms with Crippen molar-refractivity contribution in [2.75, 3.05) is 6.26 Å². The van der Waals surface area contributed by atoms with E-state index in [9.17, 15) is 27.2 Å². The number of hydrogen-bond acceptors (Lipinski definition) is 8. The maximum atomic E-state index is 14.4. The highest BCUT2D eigenvalue weighted by Crippen LogP contribution is 2.16. The number of aryl methyl sites for hydroxylation is 1. The molecule has 3 heterocycles. The fourth-order valence-electron chi connectivity index (χ4n) is 3.93. The molecule has 0 aliphatic carbocycles. The molecule has 0 spiro atoms. The summed E-state index contributed by atoms with van der Waals surface area (Å²) in [5.41, 5.74) is 1.45. The highest BCUT2D eigenvalue weighted by Gasteiger charge is 2.20. The van der Waals surface area contributed by atoms with Crippen molar-refractivity contribution in [3.8, 4) is 0 Å². The lowest BCUT2D eigenvalue weighted by Gasteiger charge is -2.10. The highest BCUT2D eigenvalue weighted by atomic mass is 32.2. The van der Waals surface area contributed by atoms with Crippen LogP contribution in [0.25, 0.3) is 16.7 Å². The Morgan fingerprint density at radius 1 is 1.03 bits per heavy atom. The lowest BCUT2D eigenvalue weighted by Crippen LogP contribution is -2.28. The first-order chi connectivity index (χ1) is 18.5. The molecule has 0 bridgehead atoms. The second-order valence-electron chi connectivity index (χ2n) is 8.77. The molecule has 2 amide bonds. The number of hydrogen-bond donors (Lipinski definition) is 2. The molecule has 5 rings (SSSR count). The van der Waals surface area contributed by atoms with Gasteiger partial charge in [-0.15, -0.1) is 0 Å². The van der Waals surface area contributed by atoms with E-state index in [1.165, 1.54) is 22.8 Å². The van der Waals surface area contributed by atoms with E-state index in [4.69, 9.17) is 4.42 Å². The molecule has 39 heavy (non-hydrogen) atoms. The average Bonchev–Trinajstić information content (AvgIpc) is 3.43. The standard InChI is InChI=1S/C25H21FN6O6S/c1-31-19-9-15(6-7-21(19)38-25(31)35)12-27-23(33)18-10-20(32-22(30-18)17(26)13-29-32)24(34)28-11-14-4-3-5-16(8-14)39(2,36)37/h3-10,13H,11-12H2,1-2H3,(H,27,33)(H,28,34). The van der Waals surface area contributed by atoms with Gasteiger partial charge in [-0.2, -0.15) is 5.10 Å². The molecular weight excluding hydrogens is 531 g/mol. The van der Waals surface area contributed by atoms with Crippen molar-refractivity contribution >= 4 is 38.4 Å². The largest absolute Gasteiger partial charge is 0.419 e. The first-order valence-corrected chi connectivity index (χ1v) is 13.4. The smallest absolute Gasteiger partial charge is 0.408 e. The molecule has 200 valence electrons. The van der Waals surface area contributed by atoms with E-state index in [1.807, 2.05) is 0 Å². The zero-order valence-corrected chi connectivity index (χ0v) is 21.5. The van der Waals surface area contributed by atoms with Gasteiger partial charge < -0.3 is 15.1 Å². The molecule has 0 fully saturated rings. The summed E-state index contributed by atoms with van der Waals surface area (Å²) in [7, 11) is -1.88. The Labute approximate surface area is 220 Å². The summed E-state index contributed by atoms with van der Waals surface area (Å²) in [6, 6.07) is 12.2. The zero-order valence-electron chi connectivity index (χ0n) is 20.6. The van der Waals surface area contributed by atoms with Crippen LogP contribution in [0.1, 0.15) is 32.1 Å². The number of carbonyl (C=O) groups is 2. The number of sulfone groups is 1. The van der Waals surface area contributed by atoms with Crippen LogP contribution < -0.4 is 16.4 Å². The molecule has 2 N–H and O–H groups in total. The number of fused-ring (bicyclic) bond motifs is 2. The van der Waals surface area contributed by atoms with E-state index in [1.54, 1.807) is 37.4 Å². The molecule has 3 aromatic heterocycles. The third-order valence-electron chi connectivity index (χ3n) is 5.98. The molecule has 2 aromatic carbocycles. The molecule has 12 nitrogen and oxygen atoms in total. The van der Waals surface area contributed by atoms with Crippen LogP contribution in [0, 0.1) is 5.82 Å². The van der Waals surface area contributed by atoms with E-state index in [2.05, 4.69) is 20.7 Å². The molecule has 0 saturated carbocycles. The lowest BCUT2D eigenvalue weighted by molar-refractivity contribution is 0.0942. The number of amides is 2. The van der Waals surface area contributed by atoms with Gasteiger partial charge in [-0.1, -0.05) is 18.2 Å². The number of aromatic nitrogens is 4. The van der Waals surface area contributed by atoms with Gasteiger partial charge in [0, 0.05) is 32.5 Å². The van der Waals surface area contributed by atoms with E-state index >= 15 is 0 Å². The van der Waals surface area contributed by atoms with Crippen LogP contribution in [0.2, 0.25) is 0 Å². The Morgan fingerprint density at radius 3 is 2.49 bits per heavy atom. The van der Waals surface area contributed by atoms with Crippen molar-refractivity contribution in [1.29, 1.82) is 0 Å². The van der Waals surface area contributed by atoms with Crippen LogP contribution in [0.15, 0.2) is 68.8 Å². The minimum Gasteiger partial charge on any atom is -0.408 e. The fraction of sp³-hybridized carbons (Fsp3) is 0.160. The first-order valence-electron chi connectivity index (χ1n) is 11.5. The third kappa shape index (κ3) is 5.13. The topological polar surface area (TPSA) is 158 Å². The van der Waals surface area contributed by atoms with Gasteiger partial charge in [0.25, 0.3) is 11.8 Å². The molecule has 5 aromatic rings. The summed E-state index contributed by atoms with van der Waals surface area (Å²) < 4.78 is 45.4. The average molecular weight is 553 g/mol. The number of benzene rings is 2. The van der Waals surface area contributed by atoms with Gasteiger partial charge in [-0.3, -0.25) is 14.2 Å². The van der Waals surface area contributed by atoms with E-state index in [-0.39, 0.29) is 35.0 Å². The summed E-state index contributed by atoms with van der Waals surface area (Å²) in [5, 5.41) is 9.14. The van der Waals surface area contributed by atoms with Crippen LogP contribution in [0.4, 0.5) is 4.39 Å². The second-order valence-corrected chi connectivity index (χ2v) is 10.8. The van der Waals surface area contributed by atoms with E-state index in [0.29, 0.717) is 22.2 Å². The van der Waals surface area contributed by atoms with Gasteiger partial charge in [-0.05, 0) is 35.4 Å². The highest BCUT2D eigenvalue weighted by molar-refractivity contribution is 7.90. The molecule has 0 aliphatic heterocycles. The van der Waals surface area contributed by atoms with Crippen LogP contribution in [0.5, 0.6) is 0 Å². The number of carbonyl (C=O) groups excluding carboxylic acids is 2. The normalized spacial score (nSPS) is 11.7. The summed E-state index contributed by atoms with van der Waals surface area (Å²) >= 11 is 0. The summed E-state index contributed by atoms with van der Waals surface area (Å²) in [5.74, 6) is -2.70. The van der Waals surface area contributed by atoms with Gasteiger partial charge in [0.05, 0.1) is 16.6 Å². The minimum atomic E-state index is -3.44. The predicted molar refractivity (Wildman–Crippen MR) is 136 cm³/mol. The van der Waals surface area contributed by atoms with Gasteiger partial charge in [0.15, 0.2) is 26.9 Å². The van der Waals surface area contributed by atoms with Crippen LogP contribution in [-0.2, 0) is 30.0 Å². The number of nitrogens with zero attached hydrogens (tertiary/aromatic N) is 4. The van der Waals surface area contributed by atoms with Crippen LogP contribution in [0.3, 0.4) is 0 Å². The molecule has 0 saturated heterocycles. The van der Waals surface area contributed by atoms with Crippen molar-refractivity contribution in [3.63, 3.8) is 0 Å². The van der Waals surface area contributed by atoms with Gasteiger partial charge in [0.1, 0.15) is 11.4 Å². The zero-order chi connectivity index (χ0) is 27.9. The minimum absolute atomic E-state index is 0.0315. The van der Waals surface area contributed by atoms with Gasteiger partial charge in [0.2, 0.25) is 0 Å². The Hall–Kier alpha value is -4.85. The fourth-order valence-corrected chi connectivity index (χ4v) is 4.62. The molecule has 0 unspecified atom stereocenters. The van der Waals surface area contributed by atoms with Gasteiger partial charge >= 0.3 is 5.76 Å². The maximum Gasteiger partial charge on any atom is 0.419 e. The second kappa shape index (κ2) is 9.79. The lowest BCUT2D eigenvalue weighted by atomic mass is 10.2. The molecule has 0 aliphatic rings. The number of rotatable bonds is 7. The van der Waals surface area contributed by atoms with Crippen molar-refractivity contribution in [2.45, 2.75) is 18.0 Å². The molecule has 0 atom stereocenters. The Balaban J connectivity index is 1.37. The van der Waals surface area contributed by atoms with Crippen LogP contribution in [-0.4, -0.2) is 45.7 Å². The van der Waals surface area contributed by atoms with Crippen molar-refractivity contribution < 1.29 is 26.8 Å². The number of halogens is 1. The summed E-state index contributed by atoms with van der Waals surface area (Å²) in [4.78, 5) is 41.8. The molecular formula is C25H21FN6O6S. The van der Waals surface area contributed by atoms with Crippen molar-refractivity contribution in [1.82, 2.24) is 29.8 Å². The van der Waals surface area contributed by atoms with E-state index in [0.717, 1.165) is 17.0 Å².